The number of halogens is 1. The molecule has 2 heterocycles. The largest absolute Gasteiger partial charge is 0.478 e. The zero-order chi connectivity index (χ0) is 17.8. The van der Waals surface area contributed by atoms with Crippen LogP contribution >= 0.6 is 12.4 Å². The maximum Gasteiger partial charge on any atom is 0.335 e. The van der Waals surface area contributed by atoms with Crippen LogP contribution in [0.15, 0.2) is 60.7 Å². The third-order valence-electron chi connectivity index (χ3n) is 3.95. The van der Waals surface area contributed by atoms with E-state index in [1.54, 1.807) is 36.4 Å². The Hall–Kier alpha value is -3.12. The van der Waals surface area contributed by atoms with Gasteiger partial charge in [0, 0.05) is 18.0 Å². The van der Waals surface area contributed by atoms with Crippen molar-refractivity contribution >= 4 is 30.0 Å². The summed E-state index contributed by atoms with van der Waals surface area (Å²) in [6.45, 7) is 0. The molecule has 1 atom stereocenters. The molecule has 0 amide bonds. The Balaban J connectivity index is 0.00000243. The molecular weight excluding hydrogens is 352 g/mol. The zero-order valence-electron chi connectivity index (χ0n) is 13.9. The predicted molar refractivity (Wildman–Crippen MR) is 103 cm³/mol. The van der Waals surface area contributed by atoms with Crippen molar-refractivity contribution in [3.8, 4) is 0 Å². The number of rotatable bonds is 5. The molecule has 0 aliphatic rings. The molecule has 0 saturated heterocycles. The molecule has 7 heteroatoms. The van der Waals surface area contributed by atoms with Crippen LogP contribution in [0.2, 0.25) is 0 Å². The Morgan fingerprint density at radius 1 is 0.923 bits per heavy atom. The highest BCUT2D eigenvalue weighted by Crippen LogP contribution is 2.28. The summed E-state index contributed by atoms with van der Waals surface area (Å²) in [6.07, 6.45) is 0.577. The first kappa shape index (κ1) is 19.2. The monoisotopic (exact) mass is 370 g/mol. The molecule has 3 aromatic rings. The average Bonchev–Trinajstić information content (AvgIpc) is 2.60. The number of hydrogen-bond donors (Lipinski definition) is 3. The van der Waals surface area contributed by atoms with Crippen LogP contribution in [0.5, 0.6) is 0 Å². The smallest absolute Gasteiger partial charge is 0.335 e. The molecule has 0 spiro atoms. The number of anilines is 2. The highest BCUT2D eigenvalue weighted by atomic mass is 35.5. The molecule has 6 nitrogen and oxygen atoms in total. The summed E-state index contributed by atoms with van der Waals surface area (Å²) in [7, 11) is 0. The van der Waals surface area contributed by atoms with Crippen LogP contribution < -0.4 is 11.5 Å². The molecule has 1 aromatic carbocycles. The summed E-state index contributed by atoms with van der Waals surface area (Å²) >= 11 is 0. The van der Waals surface area contributed by atoms with Crippen LogP contribution in [0.25, 0.3) is 0 Å². The van der Waals surface area contributed by atoms with Crippen molar-refractivity contribution in [3.05, 3.63) is 83.2 Å². The summed E-state index contributed by atoms with van der Waals surface area (Å²) in [6, 6.07) is 17.7. The van der Waals surface area contributed by atoms with Crippen LogP contribution in [0.1, 0.15) is 33.2 Å². The molecule has 2 aromatic heterocycles. The molecule has 5 N–H and O–H groups in total. The highest BCUT2D eigenvalue weighted by Gasteiger charge is 2.18. The number of nitrogens with two attached hydrogens (primary N) is 2. The quantitative estimate of drug-likeness (QED) is 0.635. The van der Waals surface area contributed by atoms with Crippen molar-refractivity contribution < 1.29 is 9.90 Å². The predicted octanol–water partition coefficient (Wildman–Crippen LogP) is 3.14. The van der Waals surface area contributed by atoms with Crippen LogP contribution in [0.3, 0.4) is 0 Å². The molecule has 0 bridgehead atoms. The van der Waals surface area contributed by atoms with Crippen LogP contribution in [-0.2, 0) is 6.42 Å². The molecule has 0 aliphatic carbocycles. The normalized spacial score (nSPS) is 11.4. The minimum atomic E-state index is -0.956. The van der Waals surface area contributed by atoms with E-state index in [1.165, 1.54) is 0 Å². The maximum absolute atomic E-state index is 11.1. The van der Waals surface area contributed by atoms with Crippen molar-refractivity contribution in [2.75, 3.05) is 11.5 Å². The summed E-state index contributed by atoms with van der Waals surface area (Å²) < 4.78 is 0. The Bertz CT molecular complexity index is 900. The summed E-state index contributed by atoms with van der Waals surface area (Å²) in [5.74, 6) is -0.175. The standard InChI is InChI=1S/C19H18N4O2.ClH/c20-17-5-1-3-14(22-17)11-15(16-4-2-6-18(21)23-16)12-7-9-13(10-8-12)19(24)25;/h1-10,15H,11H2,(H2,20,22)(H2,21,23)(H,24,25);1H. The van der Waals surface area contributed by atoms with Gasteiger partial charge >= 0.3 is 5.97 Å². The summed E-state index contributed by atoms with van der Waals surface area (Å²) in [4.78, 5) is 19.9. The maximum atomic E-state index is 11.1. The van der Waals surface area contributed by atoms with E-state index in [1.807, 2.05) is 24.3 Å². The fourth-order valence-electron chi connectivity index (χ4n) is 2.74. The Labute approximate surface area is 157 Å². The van der Waals surface area contributed by atoms with Gasteiger partial charge in [0.15, 0.2) is 0 Å². The number of carboxylic acid groups (broad SMARTS) is 1. The van der Waals surface area contributed by atoms with Gasteiger partial charge in [0.25, 0.3) is 0 Å². The van der Waals surface area contributed by atoms with Gasteiger partial charge in [-0.25, -0.2) is 14.8 Å². The second kappa shape index (κ2) is 8.31. The number of carboxylic acids is 1. The zero-order valence-corrected chi connectivity index (χ0v) is 14.7. The molecule has 26 heavy (non-hydrogen) atoms. The summed E-state index contributed by atoms with van der Waals surface area (Å²) in [5.41, 5.74) is 14.4. The van der Waals surface area contributed by atoms with E-state index in [4.69, 9.17) is 16.6 Å². The number of benzene rings is 1. The van der Waals surface area contributed by atoms with Gasteiger partial charge in [-0.05, 0) is 42.0 Å². The van der Waals surface area contributed by atoms with Crippen LogP contribution in [-0.4, -0.2) is 21.0 Å². The SMILES string of the molecule is Cl.Nc1cccc(CC(c2ccc(C(=O)O)cc2)c2cccc(N)n2)n1. The van der Waals surface area contributed by atoms with Crippen molar-refractivity contribution in [2.24, 2.45) is 0 Å². The molecule has 134 valence electrons. The number of hydrogen-bond acceptors (Lipinski definition) is 5. The number of aromatic carboxylic acids is 1. The van der Waals surface area contributed by atoms with Gasteiger partial charge in [-0.1, -0.05) is 24.3 Å². The first-order chi connectivity index (χ1) is 12.0. The number of aromatic nitrogens is 2. The lowest BCUT2D eigenvalue weighted by molar-refractivity contribution is 0.0697. The van der Waals surface area contributed by atoms with Gasteiger partial charge in [0.05, 0.1) is 11.3 Å². The summed E-state index contributed by atoms with van der Waals surface area (Å²) in [5, 5.41) is 9.08. The molecule has 0 radical (unpaired) electrons. The first-order valence-corrected chi connectivity index (χ1v) is 7.80. The highest BCUT2D eigenvalue weighted by molar-refractivity contribution is 5.87. The molecule has 0 saturated carbocycles. The van der Waals surface area contributed by atoms with Crippen LogP contribution in [0, 0.1) is 0 Å². The van der Waals surface area contributed by atoms with E-state index >= 15 is 0 Å². The van der Waals surface area contributed by atoms with Gasteiger partial charge in [-0.15, -0.1) is 12.4 Å². The lowest BCUT2D eigenvalue weighted by atomic mass is 9.90. The number of nitrogens with zero attached hydrogens (tertiary/aromatic N) is 2. The molecule has 1 unspecified atom stereocenters. The molecule has 3 rings (SSSR count). The van der Waals surface area contributed by atoms with Gasteiger partial charge < -0.3 is 16.6 Å². The van der Waals surface area contributed by atoms with Gasteiger partial charge in [-0.2, -0.15) is 0 Å². The minimum absolute atomic E-state index is 0. The minimum Gasteiger partial charge on any atom is -0.478 e. The molecule has 0 aliphatic heterocycles. The van der Waals surface area contributed by atoms with E-state index in [0.29, 0.717) is 18.1 Å². The van der Waals surface area contributed by atoms with Gasteiger partial charge in [0.2, 0.25) is 0 Å². The number of carbonyl (C=O) groups is 1. The van der Waals surface area contributed by atoms with Gasteiger partial charge in [-0.3, -0.25) is 0 Å². The topological polar surface area (TPSA) is 115 Å². The van der Waals surface area contributed by atoms with Crippen molar-refractivity contribution in [1.29, 1.82) is 0 Å². The van der Waals surface area contributed by atoms with Crippen molar-refractivity contribution in [1.82, 2.24) is 9.97 Å². The van der Waals surface area contributed by atoms with E-state index in [2.05, 4.69) is 9.97 Å². The lowest BCUT2D eigenvalue weighted by Crippen LogP contribution is -2.10. The third kappa shape index (κ3) is 4.49. The van der Waals surface area contributed by atoms with E-state index < -0.39 is 5.97 Å². The number of pyridine rings is 2. The number of nitrogen functional groups attached to an aromatic ring is 2. The Morgan fingerprint density at radius 2 is 1.54 bits per heavy atom. The third-order valence-corrected chi connectivity index (χ3v) is 3.95. The average molecular weight is 371 g/mol. The van der Waals surface area contributed by atoms with E-state index in [9.17, 15) is 4.79 Å². The first-order valence-electron chi connectivity index (χ1n) is 7.80. The van der Waals surface area contributed by atoms with Crippen molar-refractivity contribution in [2.45, 2.75) is 12.3 Å². The lowest BCUT2D eigenvalue weighted by Gasteiger charge is -2.17. The Kier molecular flexibility index (Phi) is 6.14. The second-order valence-corrected chi connectivity index (χ2v) is 5.72. The van der Waals surface area contributed by atoms with Crippen LogP contribution in [0.4, 0.5) is 11.6 Å². The fourth-order valence-corrected chi connectivity index (χ4v) is 2.74. The Morgan fingerprint density at radius 3 is 2.12 bits per heavy atom. The fraction of sp³-hybridized carbons (Fsp3) is 0.105. The van der Waals surface area contributed by atoms with Gasteiger partial charge in [0.1, 0.15) is 11.6 Å². The van der Waals surface area contributed by atoms with E-state index in [-0.39, 0.29) is 23.9 Å². The molecular formula is C19H19ClN4O2. The molecule has 0 fully saturated rings. The van der Waals surface area contributed by atoms with E-state index in [0.717, 1.165) is 17.0 Å². The second-order valence-electron chi connectivity index (χ2n) is 5.72. The van der Waals surface area contributed by atoms with Crippen molar-refractivity contribution in [3.63, 3.8) is 0 Å².